The lowest BCUT2D eigenvalue weighted by atomic mass is 10.1. The summed E-state index contributed by atoms with van der Waals surface area (Å²) in [5.74, 6) is -0.626. The van der Waals surface area contributed by atoms with Crippen molar-refractivity contribution in [3.8, 4) is 5.75 Å². The summed E-state index contributed by atoms with van der Waals surface area (Å²) in [6.07, 6.45) is 0.520. The lowest BCUT2D eigenvalue weighted by molar-refractivity contribution is -0.141. The van der Waals surface area contributed by atoms with Gasteiger partial charge in [-0.1, -0.05) is 11.6 Å². The molecule has 1 atom stereocenters. The molecule has 0 aliphatic carbocycles. The first-order chi connectivity index (χ1) is 10.5. The molecule has 0 saturated carbocycles. The minimum atomic E-state index is -0.834. The Bertz CT molecular complexity index is 607. The van der Waals surface area contributed by atoms with E-state index in [9.17, 15) is 9.59 Å². The van der Waals surface area contributed by atoms with Gasteiger partial charge in [0.25, 0.3) is 0 Å². The molecule has 22 heavy (non-hydrogen) atoms. The molecule has 7 heteroatoms. The molecule has 1 unspecified atom stereocenters. The number of carboxylic acids is 1. The summed E-state index contributed by atoms with van der Waals surface area (Å²) < 4.78 is 5.56. The molecule has 1 saturated heterocycles. The molecule has 2 aliphatic heterocycles. The number of fused-ring (bicyclic) bond motifs is 1. The Hall–Kier alpha value is -1.95. The standard InChI is InChI=1S/C15H17ClN2O4/c16-11-1-2-13-12(7-11)17(5-6-22-13)9-14(19)18-4-3-10(8-18)15(20)21/h1-2,7,10H,3-6,8-9H2,(H,20,21). The maximum Gasteiger partial charge on any atom is 0.308 e. The SMILES string of the molecule is O=C(O)C1CCN(C(=O)CN2CCOc3ccc(Cl)cc32)C1. The van der Waals surface area contributed by atoms with Gasteiger partial charge in [0.2, 0.25) is 5.91 Å². The average Bonchev–Trinajstić information content (AvgIpc) is 2.98. The number of likely N-dealkylation sites (tertiary alicyclic amines) is 1. The third-order valence-corrected chi connectivity index (χ3v) is 4.33. The Morgan fingerprint density at radius 1 is 1.36 bits per heavy atom. The van der Waals surface area contributed by atoms with E-state index < -0.39 is 11.9 Å². The second-order valence-corrected chi connectivity index (χ2v) is 5.98. The summed E-state index contributed by atoms with van der Waals surface area (Å²) >= 11 is 6.02. The van der Waals surface area contributed by atoms with Crippen molar-refractivity contribution >= 4 is 29.2 Å². The van der Waals surface area contributed by atoms with E-state index in [1.54, 1.807) is 23.1 Å². The third kappa shape index (κ3) is 2.97. The van der Waals surface area contributed by atoms with Crippen molar-refractivity contribution in [3.63, 3.8) is 0 Å². The number of anilines is 1. The van der Waals surface area contributed by atoms with Gasteiger partial charge >= 0.3 is 5.97 Å². The molecule has 2 aliphatic rings. The van der Waals surface area contributed by atoms with Gasteiger partial charge in [-0.15, -0.1) is 0 Å². The van der Waals surface area contributed by atoms with Crippen molar-refractivity contribution in [2.45, 2.75) is 6.42 Å². The van der Waals surface area contributed by atoms with E-state index in [-0.39, 0.29) is 12.5 Å². The molecule has 0 spiro atoms. The Kier molecular flexibility index (Phi) is 4.11. The largest absolute Gasteiger partial charge is 0.490 e. The Morgan fingerprint density at radius 2 is 2.18 bits per heavy atom. The number of aliphatic carboxylic acids is 1. The number of rotatable bonds is 3. The normalized spacial score (nSPS) is 20.5. The van der Waals surface area contributed by atoms with Crippen LogP contribution in [0.4, 0.5) is 5.69 Å². The Morgan fingerprint density at radius 3 is 2.91 bits per heavy atom. The van der Waals surface area contributed by atoms with Crippen LogP contribution in [0.15, 0.2) is 18.2 Å². The minimum absolute atomic E-state index is 0.0587. The van der Waals surface area contributed by atoms with Gasteiger partial charge in [-0.25, -0.2) is 0 Å². The van der Waals surface area contributed by atoms with Crippen molar-refractivity contribution in [2.24, 2.45) is 5.92 Å². The topological polar surface area (TPSA) is 70.1 Å². The molecule has 6 nitrogen and oxygen atoms in total. The molecule has 3 rings (SSSR count). The summed E-state index contributed by atoms with van der Waals surface area (Å²) in [7, 11) is 0. The van der Waals surface area contributed by atoms with Crippen molar-refractivity contribution in [1.29, 1.82) is 0 Å². The maximum atomic E-state index is 12.4. The van der Waals surface area contributed by atoms with E-state index in [0.717, 1.165) is 5.69 Å². The zero-order valence-corrected chi connectivity index (χ0v) is 12.8. The first-order valence-electron chi connectivity index (χ1n) is 7.22. The number of carbonyl (C=O) groups is 2. The van der Waals surface area contributed by atoms with Crippen LogP contribution in [0.3, 0.4) is 0 Å². The van der Waals surface area contributed by atoms with Crippen molar-refractivity contribution in [3.05, 3.63) is 23.2 Å². The van der Waals surface area contributed by atoms with Crippen LogP contribution in [0.2, 0.25) is 5.02 Å². The van der Waals surface area contributed by atoms with Crippen LogP contribution in [-0.4, -0.2) is 54.7 Å². The quantitative estimate of drug-likeness (QED) is 0.912. The maximum absolute atomic E-state index is 12.4. The minimum Gasteiger partial charge on any atom is -0.490 e. The number of carboxylic acid groups (broad SMARTS) is 1. The number of hydrogen-bond acceptors (Lipinski definition) is 4. The highest BCUT2D eigenvalue weighted by Gasteiger charge is 2.32. The second kappa shape index (κ2) is 6.04. The van der Waals surface area contributed by atoms with Crippen LogP contribution in [-0.2, 0) is 9.59 Å². The molecular weight excluding hydrogens is 308 g/mol. The fourth-order valence-electron chi connectivity index (χ4n) is 2.86. The number of halogens is 1. The summed E-state index contributed by atoms with van der Waals surface area (Å²) in [4.78, 5) is 26.9. The first-order valence-corrected chi connectivity index (χ1v) is 7.60. The van der Waals surface area contributed by atoms with Gasteiger partial charge < -0.3 is 19.6 Å². The zero-order valence-electron chi connectivity index (χ0n) is 12.0. The van der Waals surface area contributed by atoms with E-state index >= 15 is 0 Å². The van der Waals surface area contributed by atoms with Crippen LogP contribution in [0, 0.1) is 5.92 Å². The van der Waals surface area contributed by atoms with Gasteiger partial charge in [0.05, 0.1) is 24.7 Å². The van der Waals surface area contributed by atoms with Gasteiger partial charge in [0.1, 0.15) is 12.4 Å². The number of hydrogen-bond donors (Lipinski definition) is 1. The average molecular weight is 325 g/mol. The Labute approximate surface area is 133 Å². The second-order valence-electron chi connectivity index (χ2n) is 5.55. The number of carbonyl (C=O) groups excluding carboxylic acids is 1. The molecule has 0 bridgehead atoms. The molecule has 0 radical (unpaired) electrons. The molecule has 2 heterocycles. The highest BCUT2D eigenvalue weighted by Crippen LogP contribution is 2.34. The fraction of sp³-hybridized carbons (Fsp3) is 0.467. The summed E-state index contributed by atoms with van der Waals surface area (Å²) in [6.45, 7) is 2.13. The van der Waals surface area contributed by atoms with Gasteiger partial charge in [0, 0.05) is 18.1 Å². The van der Waals surface area contributed by atoms with Crippen LogP contribution >= 0.6 is 11.6 Å². The van der Waals surface area contributed by atoms with Crippen LogP contribution in [0.1, 0.15) is 6.42 Å². The lowest BCUT2D eigenvalue weighted by Crippen LogP contribution is -2.42. The smallest absolute Gasteiger partial charge is 0.308 e. The number of benzene rings is 1. The predicted octanol–water partition coefficient (Wildman–Crippen LogP) is 1.47. The molecule has 1 aromatic carbocycles. The Balaban J connectivity index is 1.68. The van der Waals surface area contributed by atoms with Gasteiger partial charge in [-0.3, -0.25) is 9.59 Å². The first kappa shape index (κ1) is 15.0. The number of amides is 1. The molecular formula is C15H17ClN2O4. The van der Waals surface area contributed by atoms with Crippen LogP contribution in [0.5, 0.6) is 5.75 Å². The van der Waals surface area contributed by atoms with Crippen LogP contribution in [0.25, 0.3) is 0 Å². The highest BCUT2D eigenvalue weighted by molar-refractivity contribution is 6.31. The molecule has 1 aromatic rings. The van der Waals surface area contributed by atoms with E-state index in [4.69, 9.17) is 21.4 Å². The lowest BCUT2D eigenvalue weighted by Gasteiger charge is -2.32. The molecule has 118 valence electrons. The monoisotopic (exact) mass is 324 g/mol. The van der Waals surface area contributed by atoms with Gasteiger partial charge in [-0.05, 0) is 24.6 Å². The molecule has 1 amide bonds. The van der Waals surface area contributed by atoms with E-state index in [1.165, 1.54) is 0 Å². The van der Waals surface area contributed by atoms with E-state index in [2.05, 4.69) is 0 Å². The highest BCUT2D eigenvalue weighted by atomic mass is 35.5. The fourth-order valence-corrected chi connectivity index (χ4v) is 3.03. The zero-order chi connectivity index (χ0) is 15.7. The van der Waals surface area contributed by atoms with Crippen molar-refractivity contribution < 1.29 is 19.4 Å². The third-order valence-electron chi connectivity index (χ3n) is 4.10. The van der Waals surface area contributed by atoms with Gasteiger partial charge in [0.15, 0.2) is 0 Å². The van der Waals surface area contributed by atoms with Crippen molar-refractivity contribution in [1.82, 2.24) is 4.90 Å². The van der Waals surface area contributed by atoms with Crippen molar-refractivity contribution in [2.75, 3.05) is 37.7 Å². The van der Waals surface area contributed by atoms with Crippen LogP contribution < -0.4 is 9.64 Å². The van der Waals surface area contributed by atoms with E-state index in [0.29, 0.717) is 43.4 Å². The molecule has 0 aromatic heterocycles. The predicted molar refractivity (Wildman–Crippen MR) is 81.5 cm³/mol. The number of nitrogens with zero attached hydrogens (tertiary/aromatic N) is 2. The number of ether oxygens (including phenoxy) is 1. The van der Waals surface area contributed by atoms with Gasteiger partial charge in [-0.2, -0.15) is 0 Å². The summed E-state index contributed by atoms with van der Waals surface area (Å²) in [5, 5.41) is 9.61. The summed E-state index contributed by atoms with van der Waals surface area (Å²) in [5.41, 5.74) is 0.807. The summed E-state index contributed by atoms with van der Waals surface area (Å²) in [6, 6.07) is 5.33. The van der Waals surface area contributed by atoms with E-state index in [1.807, 2.05) is 4.90 Å². The molecule has 1 fully saturated rings. The molecule has 1 N–H and O–H groups in total.